The van der Waals surface area contributed by atoms with Crippen molar-refractivity contribution in [3.8, 4) is 0 Å². The number of carbonyl (C=O) groups is 2. The number of hydrogen-bond acceptors (Lipinski definition) is 3. The zero-order valence-electron chi connectivity index (χ0n) is 9.32. The van der Waals surface area contributed by atoms with E-state index in [0.717, 1.165) is 12.8 Å². The van der Waals surface area contributed by atoms with Crippen molar-refractivity contribution < 1.29 is 14.7 Å². The largest absolute Gasteiger partial charge is 0.480 e. The van der Waals surface area contributed by atoms with Crippen LogP contribution in [0.3, 0.4) is 0 Å². The molecule has 1 unspecified atom stereocenters. The van der Waals surface area contributed by atoms with E-state index in [4.69, 9.17) is 10.8 Å². The summed E-state index contributed by atoms with van der Waals surface area (Å²) in [7, 11) is 0. The van der Waals surface area contributed by atoms with Crippen molar-refractivity contribution in [1.29, 1.82) is 0 Å². The molecule has 0 aliphatic rings. The molecule has 0 aliphatic carbocycles. The molecular weight excluding hydrogens is 196 g/mol. The molecule has 0 radical (unpaired) electrons. The summed E-state index contributed by atoms with van der Waals surface area (Å²) in [5, 5.41) is 11.1. The molecule has 1 atom stereocenters. The van der Waals surface area contributed by atoms with Gasteiger partial charge in [-0.1, -0.05) is 13.8 Å². The highest BCUT2D eigenvalue weighted by molar-refractivity contribution is 5.84. The molecule has 0 aliphatic heterocycles. The third-order valence-electron chi connectivity index (χ3n) is 2.00. The highest BCUT2D eigenvalue weighted by Crippen LogP contribution is 2.01. The molecule has 1 amide bonds. The number of rotatable bonds is 7. The van der Waals surface area contributed by atoms with Gasteiger partial charge in [-0.2, -0.15) is 0 Å². The average molecular weight is 216 g/mol. The van der Waals surface area contributed by atoms with Crippen molar-refractivity contribution in [3.63, 3.8) is 0 Å². The summed E-state index contributed by atoms with van der Waals surface area (Å²) in [6.07, 6.45) is 1.80. The number of nitrogens with two attached hydrogens (primary N) is 1. The fourth-order valence-corrected chi connectivity index (χ4v) is 1.10. The molecule has 5 heteroatoms. The van der Waals surface area contributed by atoms with Crippen LogP contribution in [0.5, 0.6) is 0 Å². The normalized spacial score (nSPS) is 12.5. The molecule has 0 aromatic rings. The third kappa shape index (κ3) is 7.93. The minimum atomic E-state index is -1.15. The molecule has 0 spiro atoms. The summed E-state index contributed by atoms with van der Waals surface area (Å²) in [6, 6.07) is -1.10. The van der Waals surface area contributed by atoms with E-state index >= 15 is 0 Å². The summed E-state index contributed by atoms with van der Waals surface area (Å²) < 4.78 is 0. The predicted molar refractivity (Wildman–Crippen MR) is 57.3 cm³/mol. The summed E-state index contributed by atoms with van der Waals surface area (Å²) in [6.45, 7) is 4.81. The molecule has 0 rings (SSSR count). The van der Waals surface area contributed by atoms with Crippen molar-refractivity contribution in [1.82, 2.24) is 5.32 Å². The zero-order chi connectivity index (χ0) is 11.8. The van der Waals surface area contributed by atoms with Crippen LogP contribution >= 0.6 is 0 Å². The van der Waals surface area contributed by atoms with Gasteiger partial charge in [-0.15, -0.1) is 0 Å². The van der Waals surface area contributed by atoms with Crippen LogP contribution in [0.1, 0.15) is 33.1 Å². The second-order valence-corrected chi connectivity index (χ2v) is 4.03. The van der Waals surface area contributed by atoms with E-state index in [2.05, 4.69) is 19.2 Å². The maximum Gasteiger partial charge on any atom is 0.321 e. The third-order valence-corrected chi connectivity index (χ3v) is 2.00. The van der Waals surface area contributed by atoms with Gasteiger partial charge in [0.1, 0.15) is 6.04 Å². The first-order valence-electron chi connectivity index (χ1n) is 5.18. The fourth-order valence-electron chi connectivity index (χ4n) is 1.10. The van der Waals surface area contributed by atoms with E-state index in [0.29, 0.717) is 12.5 Å². The zero-order valence-corrected chi connectivity index (χ0v) is 9.32. The second kappa shape index (κ2) is 7.23. The minimum Gasteiger partial charge on any atom is -0.480 e. The number of carbonyl (C=O) groups excluding carboxylic acids is 1. The number of amides is 1. The van der Waals surface area contributed by atoms with Crippen molar-refractivity contribution in [2.24, 2.45) is 11.7 Å². The summed E-state index contributed by atoms with van der Waals surface area (Å²) in [5.41, 5.74) is 5.21. The Balaban J connectivity index is 3.54. The molecule has 0 saturated carbocycles. The van der Waals surface area contributed by atoms with Crippen LogP contribution in [0.25, 0.3) is 0 Å². The lowest BCUT2D eigenvalue weighted by molar-refractivity contribution is -0.140. The van der Waals surface area contributed by atoms with Crippen molar-refractivity contribution in [2.45, 2.75) is 39.2 Å². The Morgan fingerprint density at radius 2 is 2.00 bits per heavy atom. The van der Waals surface area contributed by atoms with Crippen LogP contribution < -0.4 is 11.1 Å². The van der Waals surface area contributed by atoms with Crippen LogP contribution in [0.4, 0.5) is 0 Å². The Labute approximate surface area is 90.0 Å². The van der Waals surface area contributed by atoms with Gasteiger partial charge >= 0.3 is 5.97 Å². The van der Waals surface area contributed by atoms with E-state index < -0.39 is 12.0 Å². The molecular formula is C10H20N2O3. The summed E-state index contributed by atoms with van der Waals surface area (Å²) >= 11 is 0. The topological polar surface area (TPSA) is 92.4 Å². The standard InChI is InChI=1S/C10H20N2O3/c1-7(2)4-3-5-12-9(13)6-8(11)10(14)15/h7-8H,3-6,11H2,1-2H3,(H,12,13)(H,14,15). The van der Waals surface area contributed by atoms with Crippen molar-refractivity contribution in [3.05, 3.63) is 0 Å². The first-order chi connectivity index (χ1) is 6.93. The van der Waals surface area contributed by atoms with Gasteiger partial charge < -0.3 is 16.2 Å². The summed E-state index contributed by atoms with van der Waals surface area (Å²) in [4.78, 5) is 21.5. The van der Waals surface area contributed by atoms with E-state index in [1.54, 1.807) is 0 Å². The van der Waals surface area contributed by atoms with E-state index in [1.165, 1.54) is 0 Å². The van der Waals surface area contributed by atoms with Gasteiger partial charge in [-0.3, -0.25) is 9.59 Å². The number of carboxylic acid groups (broad SMARTS) is 1. The van der Waals surface area contributed by atoms with E-state index in [-0.39, 0.29) is 12.3 Å². The van der Waals surface area contributed by atoms with E-state index in [9.17, 15) is 9.59 Å². The lowest BCUT2D eigenvalue weighted by Gasteiger charge is -2.08. The van der Waals surface area contributed by atoms with Gasteiger partial charge in [0.15, 0.2) is 0 Å². The monoisotopic (exact) mass is 216 g/mol. The predicted octanol–water partition coefficient (Wildman–Crippen LogP) is 0.341. The number of nitrogens with one attached hydrogen (secondary N) is 1. The second-order valence-electron chi connectivity index (χ2n) is 4.03. The highest BCUT2D eigenvalue weighted by Gasteiger charge is 2.15. The average Bonchev–Trinajstić information content (AvgIpc) is 2.12. The Hall–Kier alpha value is -1.10. The maximum absolute atomic E-state index is 11.1. The van der Waals surface area contributed by atoms with Gasteiger partial charge in [-0.05, 0) is 18.8 Å². The molecule has 0 aromatic carbocycles. The Morgan fingerprint density at radius 3 is 2.47 bits per heavy atom. The number of carboxylic acids is 1. The van der Waals surface area contributed by atoms with Gasteiger partial charge in [0, 0.05) is 6.54 Å². The number of hydrogen-bond donors (Lipinski definition) is 3. The van der Waals surface area contributed by atoms with Gasteiger partial charge in [0.2, 0.25) is 5.91 Å². The molecule has 0 heterocycles. The minimum absolute atomic E-state index is 0.156. The maximum atomic E-state index is 11.1. The molecule has 4 N–H and O–H groups in total. The SMILES string of the molecule is CC(C)CCCNC(=O)CC(N)C(=O)O. The van der Waals surface area contributed by atoms with Gasteiger partial charge in [-0.25, -0.2) is 0 Å². The highest BCUT2D eigenvalue weighted by atomic mass is 16.4. The molecule has 0 aromatic heterocycles. The Morgan fingerprint density at radius 1 is 1.40 bits per heavy atom. The first-order valence-corrected chi connectivity index (χ1v) is 5.18. The molecule has 15 heavy (non-hydrogen) atoms. The number of aliphatic carboxylic acids is 1. The van der Waals surface area contributed by atoms with E-state index in [1.807, 2.05) is 0 Å². The van der Waals surface area contributed by atoms with Crippen molar-refractivity contribution in [2.75, 3.05) is 6.54 Å². The molecule has 88 valence electrons. The molecule has 0 fully saturated rings. The lowest BCUT2D eigenvalue weighted by atomic mass is 10.1. The first kappa shape index (κ1) is 13.9. The van der Waals surface area contributed by atoms with Crippen LogP contribution in [-0.2, 0) is 9.59 Å². The van der Waals surface area contributed by atoms with Crippen molar-refractivity contribution >= 4 is 11.9 Å². The smallest absolute Gasteiger partial charge is 0.321 e. The molecule has 0 saturated heterocycles. The van der Waals surface area contributed by atoms with Gasteiger partial charge in [0.25, 0.3) is 0 Å². The summed E-state index contributed by atoms with van der Waals surface area (Å²) in [5.74, 6) is -0.829. The lowest BCUT2D eigenvalue weighted by Crippen LogP contribution is -2.37. The molecule has 5 nitrogen and oxygen atoms in total. The van der Waals surface area contributed by atoms with Crippen LogP contribution in [0.2, 0.25) is 0 Å². The molecule has 0 bridgehead atoms. The van der Waals surface area contributed by atoms with Crippen LogP contribution in [0, 0.1) is 5.92 Å². The van der Waals surface area contributed by atoms with Crippen LogP contribution in [-0.4, -0.2) is 29.6 Å². The van der Waals surface area contributed by atoms with Crippen LogP contribution in [0.15, 0.2) is 0 Å². The van der Waals surface area contributed by atoms with Gasteiger partial charge in [0.05, 0.1) is 6.42 Å². The Bertz CT molecular complexity index is 217. The quantitative estimate of drug-likeness (QED) is 0.535. The fraction of sp³-hybridized carbons (Fsp3) is 0.800. The Kier molecular flexibility index (Phi) is 6.70.